The summed E-state index contributed by atoms with van der Waals surface area (Å²) in [5.74, 6) is 0.348. The average Bonchev–Trinajstić information content (AvgIpc) is 2.12. The van der Waals surface area contributed by atoms with Gasteiger partial charge in [-0.1, -0.05) is 13.3 Å². The second-order valence-electron chi connectivity index (χ2n) is 3.56. The number of aromatic nitrogens is 1. The zero-order valence-electron chi connectivity index (χ0n) is 9.54. The molecular weight excluding hydrogens is 283 g/mol. The van der Waals surface area contributed by atoms with Crippen LogP contribution in [0.2, 0.25) is 0 Å². The van der Waals surface area contributed by atoms with E-state index < -0.39 is 7.81 Å². The Morgan fingerprint density at radius 2 is 1.61 bits per heavy atom. The Balaban J connectivity index is 0.000000360. The molecule has 1 aromatic rings. The molecule has 0 saturated carbocycles. The van der Waals surface area contributed by atoms with Crippen molar-refractivity contribution in [3.05, 3.63) is 24.4 Å². The zero-order chi connectivity index (χ0) is 14.5. The van der Waals surface area contributed by atoms with E-state index in [4.69, 9.17) is 0 Å². The predicted molar refractivity (Wildman–Crippen MR) is 56.8 cm³/mol. The number of pyridine rings is 1. The van der Waals surface area contributed by atoms with Crippen LogP contribution in [0, 0.1) is 0 Å². The third-order valence-electron chi connectivity index (χ3n) is 1.67. The first-order valence-corrected chi connectivity index (χ1v) is 7.06. The summed E-state index contributed by atoms with van der Waals surface area (Å²) in [6.07, 6.45) is 4.16. The standard InChI is InChI=1S/C9H13NO.F6P/c1-2-3-7-10-8-5-4-6-9(10)11;1-7(2,3,4,5)6/h4-6,8H,2-3,7H2,1H3;/q;-1/p+1. The van der Waals surface area contributed by atoms with Gasteiger partial charge >= 0.3 is 38.9 Å². The van der Waals surface area contributed by atoms with Crippen LogP contribution in [0.1, 0.15) is 19.8 Å². The number of rotatable bonds is 3. The molecule has 9 heteroatoms. The Morgan fingerprint density at radius 3 is 2.00 bits per heavy atom. The van der Waals surface area contributed by atoms with Crippen molar-refractivity contribution >= 4 is 7.81 Å². The van der Waals surface area contributed by atoms with Crippen LogP contribution < -0.4 is 4.57 Å². The summed E-state index contributed by atoms with van der Waals surface area (Å²) in [7, 11) is -10.7. The summed E-state index contributed by atoms with van der Waals surface area (Å²) in [6, 6.07) is 5.46. The van der Waals surface area contributed by atoms with Crippen LogP contribution in [0.4, 0.5) is 25.2 Å². The molecule has 0 unspecified atom stereocenters. The minimum absolute atomic E-state index is 0.348. The molecule has 0 fully saturated rings. The summed E-state index contributed by atoms with van der Waals surface area (Å²) in [5, 5.41) is 9.30. The summed E-state index contributed by atoms with van der Waals surface area (Å²) >= 11 is 0. The second-order valence-corrected chi connectivity index (χ2v) is 5.48. The molecule has 18 heavy (non-hydrogen) atoms. The molecule has 0 saturated heterocycles. The van der Waals surface area contributed by atoms with E-state index in [1.165, 1.54) is 0 Å². The minimum atomic E-state index is -10.7. The van der Waals surface area contributed by atoms with E-state index in [1.807, 2.05) is 22.9 Å². The Bertz CT molecular complexity index is 379. The number of unbranched alkanes of at least 4 members (excludes halogenated alkanes) is 1. The van der Waals surface area contributed by atoms with E-state index in [0.29, 0.717) is 5.88 Å². The maximum absolute atomic E-state index is 10.7. The molecule has 2 nitrogen and oxygen atoms in total. The van der Waals surface area contributed by atoms with E-state index in [0.717, 1.165) is 19.4 Å². The van der Waals surface area contributed by atoms with E-state index in [2.05, 4.69) is 6.92 Å². The van der Waals surface area contributed by atoms with Crippen LogP contribution in [-0.4, -0.2) is 5.11 Å². The van der Waals surface area contributed by atoms with Gasteiger partial charge in [0.2, 0.25) is 0 Å². The molecule has 0 spiro atoms. The van der Waals surface area contributed by atoms with Crippen molar-refractivity contribution in [2.45, 2.75) is 26.3 Å². The second kappa shape index (κ2) is 4.91. The van der Waals surface area contributed by atoms with Gasteiger partial charge in [0.15, 0.2) is 12.7 Å². The van der Waals surface area contributed by atoms with Gasteiger partial charge in [0.1, 0.15) is 0 Å². The van der Waals surface area contributed by atoms with Crippen molar-refractivity contribution < 1.29 is 34.9 Å². The van der Waals surface area contributed by atoms with Crippen molar-refractivity contribution in [2.75, 3.05) is 0 Å². The number of aromatic hydroxyl groups is 1. The first-order valence-electron chi connectivity index (χ1n) is 5.03. The number of aryl methyl sites for hydroxylation is 1. The summed E-state index contributed by atoms with van der Waals surface area (Å²) in [5.41, 5.74) is 0. The fourth-order valence-corrected chi connectivity index (χ4v) is 0.985. The molecule has 0 aliphatic rings. The molecule has 1 N–H and O–H groups in total. The fourth-order valence-electron chi connectivity index (χ4n) is 0.985. The van der Waals surface area contributed by atoms with Crippen LogP contribution in [0.5, 0.6) is 5.88 Å². The fraction of sp³-hybridized carbons (Fsp3) is 0.444. The molecule has 0 aliphatic heterocycles. The molecule has 0 atom stereocenters. The molecule has 108 valence electrons. The van der Waals surface area contributed by atoms with Crippen molar-refractivity contribution in [1.29, 1.82) is 0 Å². The van der Waals surface area contributed by atoms with Crippen LogP contribution in [0.15, 0.2) is 24.4 Å². The first-order chi connectivity index (χ1) is 7.79. The van der Waals surface area contributed by atoms with Crippen molar-refractivity contribution in [1.82, 2.24) is 0 Å². The van der Waals surface area contributed by atoms with Crippen LogP contribution in [-0.2, 0) is 6.54 Å². The van der Waals surface area contributed by atoms with Gasteiger partial charge in [0.05, 0.1) is 6.07 Å². The zero-order valence-corrected chi connectivity index (χ0v) is 10.4. The van der Waals surface area contributed by atoms with Gasteiger partial charge in [-0.15, -0.1) is 0 Å². The average molecular weight is 297 g/mol. The van der Waals surface area contributed by atoms with Gasteiger partial charge < -0.3 is 5.11 Å². The van der Waals surface area contributed by atoms with Gasteiger partial charge in [-0.3, -0.25) is 0 Å². The molecule has 1 heterocycles. The molecule has 0 aliphatic carbocycles. The Labute approximate surface area is 100 Å². The first kappa shape index (κ1) is 17.0. The number of hydrogen-bond donors (Lipinski definition) is 1. The van der Waals surface area contributed by atoms with Crippen LogP contribution >= 0.6 is 7.81 Å². The summed E-state index contributed by atoms with van der Waals surface area (Å²) < 4.78 is 61.0. The molecule has 0 aromatic carbocycles. The van der Waals surface area contributed by atoms with E-state index in [9.17, 15) is 30.3 Å². The molecular formula is C9H14F6NOP. The maximum atomic E-state index is 9.87. The predicted octanol–water partition coefficient (Wildman–Crippen LogP) is 4.86. The van der Waals surface area contributed by atoms with Crippen LogP contribution in [0.25, 0.3) is 0 Å². The molecule has 0 amide bonds. The number of nitrogens with zero attached hydrogens (tertiary/aromatic N) is 1. The number of halogens is 6. The van der Waals surface area contributed by atoms with Gasteiger partial charge in [0.25, 0.3) is 0 Å². The molecule has 1 rings (SSSR count). The van der Waals surface area contributed by atoms with Crippen LogP contribution in [0.3, 0.4) is 0 Å². The van der Waals surface area contributed by atoms with Gasteiger partial charge in [-0.05, 0) is 6.07 Å². The molecule has 1 aromatic heterocycles. The van der Waals surface area contributed by atoms with Gasteiger partial charge in [-0.2, -0.15) is 4.57 Å². The van der Waals surface area contributed by atoms with Crippen molar-refractivity contribution in [3.8, 4) is 5.88 Å². The van der Waals surface area contributed by atoms with Crippen molar-refractivity contribution in [3.63, 3.8) is 0 Å². The van der Waals surface area contributed by atoms with Crippen molar-refractivity contribution in [2.24, 2.45) is 0 Å². The third kappa shape index (κ3) is 15.0. The normalized spacial score (nSPS) is 15.1. The monoisotopic (exact) mass is 297 g/mol. The third-order valence-corrected chi connectivity index (χ3v) is 1.67. The molecule has 0 radical (unpaired) electrons. The SMILES string of the molecule is CCCC[n+]1ccccc1O.F[P-](F)(F)(F)(F)F. The van der Waals surface area contributed by atoms with Gasteiger partial charge in [0, 0.05) is 12.5 Å². The Morgan fingerprint density at radius 1 is 1.11 bits per heavy atom. The Hall–Kier alpha value is -1.04. The van der Waals surface area contributed by atoms with E-state index >= 15 is 0 Å². The number of hydrogen-bond acceptors (Lipinski definition) is 1. The molecule has 0 bridgehead atoms. The van der Waals surface area contributed by atoms with E-state index in [1.54, 1.807) is 6.07 Å². The Kier molecular flexibility index (Phi) is 4.63. The summed E-state index contributed by atoms with van der Waals surface area (Å²) in [4.78, 5) is 0. The van der Waals surface area contributed by atoms with E-state index in [-0.39, 0.29) is 0 Å². The summed E-state index contributed by atoms with van der Waals surface area (Å²) in [6.45, 7) is 3.05. The van der Waals surface area contributed by atoms with Gasteiger partial charge in [-0.25, -0.2) is 0 Å². The topological polar surface area (TPSA) is 24.1 Å². The quantitative estimate of drug-likeness (QED) is 0.481.